The Morgan fingerprint density at radius 3 is 2.46 bits per heavy atom. The SMILES string of the molecule is CCC(C#N)NC(C)CCN(C)C. The molecule has 0 fully saturated rings. The molecule has 1 N–H and O–H groups in total. The van der Waals surface area contributed by atoms with Crippen LogP contribution in [-0.4, -0.2) is 37.6 Å². The third kappa shape index (κ3) is 6.56. The molecule has 0 heterocycles. The zero-order valence-electron chi connectivity index (χ0n) is 9.17. The minimum atomic E-state index is 0.0113. The molecule has 0 aromatic carbocycles. The molecule has 0 aliphatic rings. The van der Waals surface area contributed by atoms with Gasteiger partial charge in [-0.05, 0) is 40.4 Å². The van der Waals surface area contributed by atoms with Gasteiger partial charge in [0, 0.05) is 6.04 Å². The van der Waals surface area contributed by atoms with Gasteiger partial charge in [0.2, 0.25) is 0 Å². The van der Waals surface area contributed by atoms with E-state index in [-0.39, 0.29) is 6.04 Å². The van der Waals surface area contributed by atoms with E-state index in [2.05, 4.69) is 37.3 Å². The van der Waals surface area contributed by atoms with Gasteiger partial charge in [0.25, 0.3) is 0 Å². The molecule has 76 valence electrons. The maximum atomic E-state index is 8.73. The zero-order valence-corrected chi connectivity index (χ0v) is 9.17. The summed E-state index contributed by atoms with van der Waals surface area (Å²) < 4.78 is 0. The van der Waals surface area contributed by atoms with Gasteiger partial charge in [-0.3, -0.25) is 5.32 Å². The lowest BCUT2D eigenvalue weighted by Crippen LogP contribution is -2.36. The molecule has 13 heavy (non-hydrogen) atoms. The fourth-order valence-corrected chi connectivity index (χ4v) is 1.13. The Kier molecular flexibility index (Phi) is 6.56. The molecule has 0 radical (unpaired) electrons. The average molecular weight is 183 g/mol. The lowest BCUT2D eigenvalue weighted by atomic mass is 10.1. The van der Waals surface area contributed by atoms with Crippen LogP contribution in [0.2, 0.25) is 0 Å². The molecule has 3 heteroatoms. The Balaban J connectivity index is 3.61. The number of hydrogen-bond acceptors (Lipinski definition) is 3. The predicted octanol–water partition coefficient (Wildman–Crippen LogP) is 1.22. The van der Waals surface area contributed by atoms with Gasteiger partial charge in [-0.15, -0.1) is 0 Å². The summed E-state index contributed by atoms with van der Waals surface area (Å²) in [5.74, 6) is 0. The largest absolute Gasteiger partial charge is 0.309 e. The molecule has 0 bridgehead atoms. The lowest BCUT2D eigenvalue weighted by molar-refractivity contribution is 0.358. The summed E-state index contributed by atoms with van der Waals surface area (Å²) in [5.41, 5.74) is 0. The summed E-state index contributed by atoms with van der Waals surface area (Å²) in [6.45, 7) is 5.22. The Morgan fingerprint density at radius 2 is 2.08 bits per heavy atom. The third-order valence-electron chi connectivity index (χ3n) is 2.06. The minimum Gasteiger partial charge on any atom is -0.309 e. The quantitative estimate of drug-likeness (QED) is 0.673. The topological polar surface area (TPSA) is 39.1 Å². The average Bonchev–Trinajstić information content (AvgIpc) is 2.10. The van der Waals surface area contributed by atoms with Crippen molar-refractivity contribution in [3.8, 4) is 6.07 Å². The van der Waals surface area contributed by atoms with Crippen LogP contribution in [0.15, 0.2) is 0 Å². The number of nitrogens with zero attached hydrogens (tertiary/aromatic N) is 2. The Hall–Kier alpha value is -0.590. The first-order chi connectivity index (χ1) is 6.10. The van der Waals surface area contributed by atoms with Gasteiger partial charge in [0.05, 0.1) is 12.1 Å². The van der Waals surface area contributed by atoms with Crippen LogP contribution in [0.5, 0.6) is 0 Å². The van der Waals surface area contributed by atoms with Crippen LogP contribution in [0.3, 0.4) is 0 Å². The van der Waals surface area contributed by atoms with Gasteiger partial charge in [-0.2, -0.15) is 5.26 Å². The molecule has 2 unspecified atom stereocenters. The van der Waals surface area contributed by atoms with Crippen molar-refractivity contribution in [2.45, 2.75) is 38.8 Å². The van der Waals surface area contributed by atoms with Crippen molar-refractivity contribution >= 4 is 0 Å². The summed E-state index contributed by atoms with van der Waals surface area (Å²) in [4.78, 5) is 2.16. The second-order valence-electron chi connectivity index (χ2n) is 3.75. The van der Waals surface area contributed by atoms with Crippen molar-refractivity contribution < 1.29 is 0 Å². The molecule has 0 rings (SSSR count). The van der Waals surface area contributed by atoms with Crippen molar-refractivity contribution in [2.75, 3.05) is 20.6 Å². The van der Waals surface area contributed by atoms with Crippen LogP contribution in [0, 0.1) is 11.3 Å². The van der Waals surface area contributed by atoms with Crippen molar-refractivity contribution in [2.24, 2.45) is 0 Å². The fourth-order valence-electron chi connectivity index (χ4n) is 1.13. The smallest absolute Gasteiger partial charge is 0.0952 e. The van der Waals surface area contributed by atoms with Crippen molar-refractivity contribution in [3.05, 3.63) is 0 Å². The Labute approximate surface area is 81.7 Å². The molecule has 0 aliphatic heterocycles. The molecule has 0 amide bonds. The molecular formula is C10H21N3. The number of hydrogen-bond donors (Lipinski definition) is 1. The highest BCUT2D eigenvalue weighted by Crippen LogP contribution is 1.96. The van der Waals surface area contributed by atoms with E-state index >= 15 is 0 Å². The Bertz CT molecular complexity index is 160. The van der Waals surface area contributed by atoms with Crippen LogP contribution in [-0.2, 0) is 0 Å². The monoisotopic (exact) mass is 183 g/mol. The molecule has 2 atom stereocenters. The second-order valence-corrected chi connectivity index (χ2v) is 3.75. The molecule has 0 aromatic rings. The highest BCUT2D eigenvalue weighted by Gasteiger charge is 2.08. The van der Waals surface area contributed by atoms with E-state index in [0.717, 1.165) is 19.4 Å². The molecule has 0 aromatic heterocycles. The van der Waals surface area contributed by atoms with Crippen LogP contribution in [0.4, 0.5) is 0 Å². The van der Waals surface area contributed by atoms with Gasteiger partial charge in [0.15, 0.2) is 0 Å². The minimum absolute atomic E-state index is 0.0113. The van der Waals surface area contributed by atoms with Crippen molar-refractivity contribution in [1.29, 1.82) is 5.26 Å². The van der Waals surface area contributed by atoms with E-state index in [0.29, 0.717) is 6.04 Å². The van der Waals surface area contributed by atoms with Gasteiger partial charge in [-0.1, -0.05) is 6.92 Å². The van der Waals surface area contributed by atoms with Crippen LogP contribution < -0.4 is 5.32 Å². The fraction of sp³-hybridized carbons (Fsp3) is 0.900. The summed E-state index contributed by atoms with van der Waals surface area (Å²) in [5, 5.41) is 12.0. The third-order valence-corrected chi connectivity index (χ3v) is 2.06. The van der Waals surface area contributed by atoms with Gasteiger partial charge >= 0.3 is 0 Å². The van der Waals surface area contributed by atoms with E-state index in [1.165, 1.54) is 0 Å². The van der Waals surface area contributed by atoms with E-state index in [9.17, 15) is 0 Å². The van der Waals surface area contributed by atoms with E-state index in [1.54, 1.807) is 0 Å². The highest BCUT2D eigenvalue weighted by molar-refractivity contribution is 4.89. The maximum absolute atomic E-state index is 8.73. The molecule has 0 spiro atoms. The van der Waals surface area contributed by atoms with Gasteiger partial charge in [-0.25, -0.2) is 0 Å². The second kappa shape index (κ2) is 6.88. The van der Waals surface area contributed by atoms with Crippen LogP contribution >= 0.6 is 0 Å². The summed E-state index contributed by atoms with van der Waals surface area (Å²) in [6, 6.07) is 2.68. The first kappa shape index (κ1) is 12.4. The summed E-state index contributed by atoms with van der Waals surface area (Å²) >= 11 is 0. The molecule has 3 nitrogen and oxygen atoms in total. The molecular weight excluding hydrogens is 162 g/mol. The molecule has 0 saturated heterocycles. The first-order valence-electron chi connectivity index (χ1n) is 4.90. The van der Waals surface area contributed by atoms with E-state index < -0.39 is 0 Å². The Morgan fingerprint density at radius 1 is 1.46 bits per heavy atom. The number of nitriles is 1. The lowest BCUT2D eigenvalue weighted by Gasteiger charge is -2.18. The normalized spacial score (nSPS) is 15.4. The van der Waals surface area contributed by atoms with Crippen molar-refractivity contribution in [3.63, 3.8) is 0 Å². The number of rotatable bonds is 6. The summed E-state index contributed by atoms with van der Waals surface area (Å²) in [7, 11) is 4.13. The molecule has 0 saturated carbocycles. The zero-order chi connectivity index (χ0) is 10.3. The number of nitrogens with one attached hydrogen (secondary N) is 1. The standard InChI is InChI=1S/C10H21N3/c1-5-10(8-11)12-9(2)6-7-13(3)4/h9-10,12H,5-7H2,1-4H3. The van der Waals surface area contributed by atoms with E-state index in [4.69, 9.17) is 5.26 Å². The molecule has 0 aliphatic carbocycles. The van der Waals surface area contributed by atoms with Gasteiger partial charge < -0.3 is 4.90 Å². The van der Waals surface area contributed by atoms with Gasteiger partial charge in [0.1, 0.15) is 0 Å². The van der Waals surface area contributed by atoms with Crippen molar-refractivity contribution in [1.82, 2.24) is 10.2 Å². The first-order valence-corrected chi connectivity index (χ1v) is 4.90. The van der Waals surface area contributed by atoms with E-state index in [1.807, 2.05) is 6.92 Å². The summed E-state index contributed by atoms with van der Waals surface area (Å²) in [6.07, 6.45) is 1.97. The predicted molar refractivity (Wildman–Crippen MR) is 55.5 cm³/mol. The highest BCUT2D eigenvalue weighted by atomic mass is 15.1. The van der Waals surface area contributed by atoms with Crippen LogP contribution in [0.25, 0.3) is 0 Å². The van der Waals surface area contributed by atoms with Crippen LogP contribution in [0.1, 0.15) is 26.7 Å². The maximum Gasteiger partial charge on any atom is 0.0952 e.